The number of alkyl halides is 2. The molecule has 8 nitrogen and oxygen atoms in total. The summed E-state index contributed by atoms with van der Waals surface area (Å²) >= 11 is 7.60. The van der Waals surface area contributed by atoms with Crippen LogP contribution in [0.5, 0.6) is 0 Å². The Morgan fingerprint density at radius 2 is 2.17 bits per heavy atom. The van der Waals surface area contributed by atoms with Crippen LogP contribution in [0.3, 0.4) is 0 Å². The molecular weight excluding hydrogens is 521 g/mol. The lowest BCUT2D eigenvalue weighted by Crippen LogP contribution is -2.41. The summed E-state index contributed by atoms with van der Waals surface area (Å²) in [7, 11) is 1.17. The molecule has 5 rings (SSSR count). The predicted molar refractivity (Wildman–Crippen MR) is 125 cm³/mol. The highest BCUT2D eigenvalue weighted by molar-refractivity contribution is 7.11. The van der Waals surface area contributed by atoms with Crippen molar-refractivity contribution in [2.24, 2.45) is 10.9 Å². The van der Waals surface area contributed by atoms with Crippen LogP contribution in [0.1, 0.15) is 29.5 Å². The summed E-state index contributed by atoms with van der Waals surface area (Å²) in [5.41, 5.74) is 0.473. The minimum atomic E-state index is -3.07. The van der Waals surface area contributed by atoms with E-state index < -0.39 is 54.1 Å². The monoisotopic (exact) mass is 540 g/mol. The van der Waals surface area contributed by atoms with Crippen LogP contribution in [0.4, 0.5) is 13.2 Å². The Balaban J connectivity index is 1.63. The van der Waals surface area contributed by atoms with Gasteiger partial charge in [-0.15, -0.1) is 11.3 Å². The first-order chi connectivity index (χ1) is 17.1. The highest BCUT2D eigenvalue weighted by atomic mass is 35.5. The number of aromatic nitrogens is 1. The van der Waals surface area contributed by atoms with Crippen LogP contribution in [-0.2, 0) is 14.3 Å². The van der Waals surface area contributed by atoms with Crippen LogP contribution in [-0.4, -0.2) is 64.4 Å². The number of nitrogens with zero attached hydrogens (tertiary/aromatic N) is 3. The molecule has 2 aromatic rings. The fourth-order valence-electron chi connectivity index (χ4n) is 5.24. The van der Waals surface area contributed by atoms with Gasteiger partial charge in [0.05, 0.1) is 36.4 Å². The molecule has 0 spiro atoms. The maximum absolute atomic E-state index is 14.7. The van der Waals surface area contributed by atoms with Crippen molar-refractivity contribution in [1.82, 2.24) is 15.2 Å². The van der Waals surface area contributed by atoms with Crippen LogP contribution in [0.2, 0.25) is 5.02 Å². The zero-order valence-corrected chi connectivity index (χ0v) is 20.3. The van der Waals surface area contributed by atoms with Crippen molar-refractivity contribution < 1.29 is 32.6 Å². The van der Waals surface area contributed by atoms with E-state index in [-0.39, 0.29) is 35.1 Å². The number of hydrogen-bond acceptors (Lipinski definition) is 8. The van der Waals surface area contributed by atoms with E-state index in [1.807, 2.05) is 0 Å². The summed E-state index contributed by atoms with van der Waals surface area (Å²) in [6, 6.07) is 0.514. The van der Waals surface area contributed by atoms with Gasteiger partial charge in [0, 0.05) is 35.6 Å². The summed E-state index contributed by atoms with van der Waals surface area (Å²) in [5.74, 6) is -6.25. The van der Waals surface area contributed by atoms with E-state index in [1.165, 1.54) is 35.5 Å². The molecule has 3 aliphatic rings. The highest BCUT2D eigenvalue weighted by Crippen LogP contribution is 2.51. The van der Waals surface area contributed by atoms with E-state index in [0.29, 0.717) is 10.6 Å². The van der Waals surface area contributed by atoms with Crippen molar-refractivity contribution in [3.63, 3.8) is 0 Å². The number of amidine groups is 1. The normalized spacial score (nSPS) is 27.1. The van der Waals surface area contributed by atoms with Gasteiger partial charge in [-0.3, -0.25) is 9.69 Å². The molecule has 0 amide bonds. The van der Waals surface area contributed by atoms with E-state index in [4.69, 9.17) is 16.3 Å². The van der Waals surface area contributed by atoms with Gasteiger partial charge in [-0.05, 0) is 24.1 Å². The Morgan fingerprint density at radius 3 is 2.81 bits per heavy atom. The maximum atomic E-state index is 14.7. The molecule has 2 bridgehead atoms. The fourth-order valence-corrected chi connectivity index (χ4v) is 6.10. The predicted octanol–water partition coefficient (Wildman–Crippen LogP) is 3.64. The molecule has 2 unspecified atom stereocenters. The number of carbonyl (C=O) groups is 2. The molecule has 2 N–H and O–H groups in total. The molecule has 4 heterocycles. The van der Waals surface area contributed by atoms with Crippen molar-refractivity contribution in [3.05, 3.63) is 62.5 Å². The molecule has 36 heavy (non-hydrogen) atoms. The lowest BCUT2D eigenvalue weighted by Gasteiger charge is -2.31. The largest absolute Gasteiger partial charge is 0.481 e. The Morgan fingerprint density at radius 1 is 1.39 bits per heavy atom. The Hall–Kier alpha value is -2.96. The number of hydrogen-bond donors (Lipinski definition) is 2. The number of aliphatic imine (C=N–C) groups is 1. The number of ether oxygens (including phenoxy) is 1. The zero-order chi connectivity index (χ0) is 25.8. The van der Waals surface area contributed by atoms with E-state index >= 15 is 0 Å². The maximum Gasteiger partial charge on any atom is 0.338 e. The number of esters is 1. The Labute approximate surface area is 212 Å². The third-order valence-electron chi connectivity index (χ3n) is 6.83. The molecule has 1 aromatic carbocycles. The van der Waals surface area contributed by atoms with Gasteiger partial charge >= 0.3 is 11.9 Å². The van der Waals surface area contributed by atoms with Crippen molar-refractivity contribution in [2.75, 3.05) is 13.7 Å². The average molecular weight is 541 g/mol. The van der Waals surface area contributed by atoms with Crippen LogP contribution in [0.15, 0.2) is 46.0 Å². The van der Waals surface area contributed by atoms with Gasteiger partial charge in [-0.25, -0.2) is 27.9 Å². The van der Waals surface area contributed by atoms with E-state index in [1.54, 1.807) is 11.6 Å². The number of carboxylic acid groups (broad SMARTS) is 1. The molecule has 0 aliphatic carbocycles. The van der Waals surface area contributed by atoms with Gasteiger partial charge in [-0.1, -0.05) is 17.7 Å². The number of methoxy groups -OCH3 is 1. The van der Waals surface area contributed by atoms with Gasteiger partial charge < -0.3 is 15.2 Å². The first-order valence-corrected chi connectivity index (χ1v) is 12.2. The molecule has 3 aliphatic heterocycles. The second-order valence-electron chi connectivity index (χ2n) is 8.79. The second kappa shape index (κ2) is 9.16. The number of rotatable bonds is 6. The number of aliphatic carboxylic acids is 1. The molecule has 190 valence electrons. The SMILES string of the molecule is COC(=O)C1=C(CN2C3CC(F)(F)C2C[C@H]3C(=O)O)N=C(c2nccs2)N[C@H]1c1ccc(F)cc1Cl. The van der Waals surface area contributed by atoms with Crippen molar-refractivity contribution in [2.45, 2.75) is 36.9 Å². The summed E-state index contributed by atoms with van der Waals surface area (Å²) in [4.78, 5) is 34.9. The number of halogens is 4. The van der Waals surface area contributed by atoms with Gasteiger partial charge in [0.1, 0.15) is 5.82 Å². The number of benzene rings is 1. The second-order valence-corrected chi connectivity index (χ2v) is 10.1. The van der Waals surface area contributed by atoms with Gasteiger partial charge in [0.15, 0.2) is 10.8 Å². The van der Waals surface area contributed by atoms with Gasteiger partial charge in [-0.2, -0.15) is 0 Å². The smallest absolute Gasteiger partial charge is 0.338 e. The standard InChI is InChI=1S/C23H20ClF3N4O4S/c1-35-22(34)17-14(9-31-15-8-23(26,27)16(31)7-12(15)21(32)33)29-19(20-28-4-5-36-20)30-18(17)11-3-2-10(25)6-13(11)24/h2-6,12,15-16,18H,7-9H2,1H3,(H,29,30)(H,32,33)/t12-,15?,16?,18+/m1/s1. The number of thiazole rings is 1. The first-order valence-electron chi connectivity index (χ1n) is 11.0. The molecule has 2 fully saturated rings. The molecule has 1 aromatic heterocycles. The van der Waals surface area contributed by atoms with Crippen LogP contribution >= 0.6 is 22.9 Å². The van der Waals surface area contributed by atoms with Crippen molar-refractivity contribution in [3.8, 4) is 0 Å². The van der Waals surface area contributed by atoms with Crippen molar-refractivity contribution in [1.29, 1.82) is 0 Å². The molecule has 0 radical (unpaired) electrons. The zero-order valence-electron chi connectivity index (χ0n) is 18.8. The number of carboxylic acids is 1. The van der Waals surface area contributed by atoms with E-state index in [2.05, 4.69) is 15.3 Å². The third-order valence-corrected chi connectivity index (χ3v) is 7.93. The molecular formula is C23H20ClF3N4O4S. The summed E-state index contributed by atoms with van der Waals surface area (Å²) in [6.45, 7) is -0.217. The lowest BCUT2D eigenvalue weighted by molar-refractivity contribution is -0.144. The topological polar surface area (TPSA) is 104 Å². The highest BCUT2D eigenvalue weighted by Gasteiger charge is 2.63. The van der Waals surface area contributed by atoms with E-state index in [9.17, 15) is 27.9 Å². The molecule has 2 saturated heterocycles. The van der Waals surface area contributed by atoms with E-state index in [0.717, 1.165) is 6.07 Å². The number of fused-ring (bicyclic) bond motifs is 2. The fraction of sp³-hybridized carbons (Fsp3) is 0.391. The van der Waals surface area contributed by atoms with Crippen LogP contribution < -0.4 is 5.32 Å². The Bertz CT molecular complexity index is 1290. The lowest BCUT2D eigenvalue weighted by atomic mass is 9.87. The quantitative estimate of drug-likeness (QED) is 0.539. The van der Waals surface area contributed by atoms with Gasteiger partial charge in [0.25, 0.3) is 5.92 Å². The molecule has 13 heteroatoms. The summed E-state index contributed by atoms with van der Waals surface area (Å²) in [5, 5.41) is 14.9. The number of nitrogens with one attached hydrogen (secondary N) is 1. The average Bonchev–Trinajstić information content (AvgIpc) is 3.52. The summed E-state index contributed by atoms with van der Waals surface area (Å²) in [6.07, 6.45) is 0.758. The van der Waals surface area contributed by atoms with Crippen molar-refractivity contribution >= 4 is 40.7 Å². The van der Waals surface area contributed by atoms with Gasteiger partial charge in [0.2, 0.25) is 0 Å². The molecule has 4 atom stereocenters. The number of carbonyl (C=O) groups excluding carboxylic acids is 1. The first kappa shape index (κ1) is 24.7. The summed E-state index contributed by atoms with van der Waals surface area (Å²) < 4.78 is 48.1. The molecule has 0 saturated carbocycles. The minimum absolute atomic E-state index is 0.00723. The minimum Gasteiger partial charge on any atom is -0.481 e. The van der Waals surface area contributed by atoms with Crippen LogP contribution in [0.25, 0.3) is 0 Å². The third kappa shape index (κ3) is 4.16. The van der Waals surface area contributed by atoms with Crippen LogP contribution in [0, 0.1) is 11.7 Å². The Kier molecular flexibility index (Phi) is 6.29.